The molecule has 0 saturated carbocycles. The molecule has 3 aromatic carbocycles. The summed E-state index contributed by atoms with van der Waals surface area (Å²) in [5.74, 6) is 0. The summed E-state index contributed by atoms with van der Waals surface area (Å²) >= 11 is 12.3. The van der Waals surface area contributed by atoms with Crippen LogP contribution in [0.15, 0.2) is 83.9 Å². The number of halogens is 2. The van der Waals surface area contributed by atoms with Gasteiger partial charge in [0.2, 0.25) is 0 Å². The van der Waals surface area contributed by atoms with Gasteiger partial charge in [0.1, 0.15) is 17.2 Å². The molecule has 0 atom stereocenters. The molecule has 0 saturated heterocycles. The average molecular weight is 472 g/mol. The maximum atomic E-state index is 13.7. The molecule has 8 heteroatoms. The molecular formula is C25H15Cl2N5O. The molecule has 6 rings (SSSR count). The highest BCUT2D eigenvalue weighted by atomic mass is 35.5. The largest absolute Gasteiger partial charge is 0.294 e. The van der Waals surface area contributed by atoms with E-state index in [0.29, 0.717) is 44.3 Å². The summed E-state index contributed by atoms with van der Waals surface area (Å²) in [5, 5.41) is 1.64. The van der Waals surface area contributed by atoms with Crippen LogP contribution in [-0.4, -0.2) is 24.1 Å². The minimum Gasteiger partial charge on any atom is -0.294 e. The summed E-state index contributed by atoms with van der Waals surface area (Å²) in [6.07, 6.45) is 1.55. The summed E-state index contributed by atoms with van der Waals surface area (Å²) in [4.78, 5) is 28.0. The van der Waals surface area contributed by atoms with Gasteiger partial charge in [0.15, 0.2) is 11.3 Å². The highest BCUT2D eigenvalue weighted by molar-refractivity contribution is 6.31. The van der Waals surface area contributed by atoms with E-state index in [4.69, 9.17) is 33.2 Å². The molecule has 160 valence electrons. The monoisotopic (exact) mass is 471 g/mol. The second-order valence-corrected chi connectivity index (χ2v) is 8.58. The van der Waals surface area contributed by atoms with Crippen LogP contribution in [0.5, 0.6) is 0 Å². The Labute approximate surface area is 197 Å². The van der Waals surface area contributed by atoms with E-state index in [1.54, 1.807) is 29.1 Å². The van der Waals surface area contributed by atoms with Gasteiger partial charge < -0.3 is 0 Å². The maximum absolute atomic E-state index is 13.7. The summed E-state index contributed by atoms with van der Waals surface area (Å²) in [6.45, 7) is 0.365. The molecule has 0 spiro atoms. The zero-order valence-electron chi connectivity index (χ0n) is 17.1. The zero-order chi connectivity index (χ0) is 22.5. The Bertz CT molecular complexity index is 1740. The second kappa shape index (κ2) is 7.69. The van der Waals surface area contributed by atoms with Crippen molar-refractivity contribution in [2.45, 2.75) is 6.54 Å². The lowest BCUT2D eigenvalue weighted by Gasteiger charge is -2.08. The van der Waals surface area contributed by atoms with Gasteiger partial charge >= 0.3 is 0 Å². The predicted octanol–water partition coefficient (Wildman–Crippen LogP) is 5.64. The molecule has 0 bridgehead atoms. The molecule has 0 radical (unpaired) electrons. The fourth-order valence-corrected chi connectivity index (χ4v) is 4.34. The third-order valence-electron chi connectivity index (χ3n) is 5.56. The van der Waals surface area contributed by atoms with E-state index in [-0.39, 0.29) is 5.56 Å². The second-order valence-electron chi connectivity index (χ2n) is 7.70. The zero-order valence-corrected chi connectivity index (χ0v) is 18.6. The smallest absolute Gasteiger partial charge is 0.265 e. The molecule has 6 nitrogen and oxygen atoms in total. The number of nitrogens with zero attached hydrogens (tertiary/aromatic N) is 5. The first-order valence-electron chi connectivity index (χ1n) is 10.3. The van der Waals surface area contributed by atoms with Crippen molar-refractivity contribution in [1.82, 2.24) is 24.1 Å². The van der Waals surface area contributed by atoms with Gasteiger partial charge in [-0.3, -0.25) is 13.9 Å². The minimum atomic E-state index is -0.190. The highest BCUT2D eigenvalue weighted by Gasteiger charge is 2.21. The van der Waals surface area contributed by atoms with Crippen LogP contribution in [0.1, 0.15) is 5.56 Å². The van der Waals surface area contributed by atoms with Crippen LogP contribution in [0.25, 0.3) is 38.9 Å². The molecule has 33 heavy (non-hydrogen) atoms. The Hall–Kier alpha value is -3.74. The fraction of sp³-hybridized carbons (Fsp3) is 0.0400. The number of aromatic nitrogens is 5. The highest BCUT2D eigenvalue weighted by Crippen LogP contribution is 2.29. The van der Waals surface area contributed by atoms with Gasteiger partial charge in [-0.2, -0.15) is 0 Å². The maximum Gasteiger partial charge on any atom is 0.265 e. The van der Waals surface area contributed by atoms with Crippen LogP contribution >= 0.6 is 23.2 Å². The van der Waals surface area contributed by atoms with Crippen molar-refractivity contribution in [2.24, 2.45) is 0 Å². The van der Waals surface area contributed by atoms with Gasteiger partial charge in [0, 0.05) is 10.0 Å². The summed E-state index contributed by atoms with van der Waals surface area (Å²) < 4.78 is 3.41. The van der Waals surface area contributed by atoms with Crippen LogP contribution in [0, 0.1) is 0 Å². The van der Waals surface area contributed by atoms with Crippen LogP contribution in [0.3, 0.4) is 0 Å². The number of hydrogen-bond donors (Lipinski definition) is 0. The Morgan fingerprint density at radius 2 is 1.55 bits per heavy atom. The van der Waals surface area contributed by atoms with E-state index in [0.717, 1.165) is 16.8 Å². The minimum absolute atomic E-state index is 0.190. The summed E-state index contributed by atoms with van der Waals surface area (Å²) in [5.41, 5.74) is 4.50. The first kappa shape index (κ1) is 19.9. The molecule has 0 N–H and O–H groups in total. The van der Waals surface area contributed by atoms with E-state index >= 15 is 0 Å². The molecule has 0 aliphatic heterocycles. The molecule has 0 aliphatic rings. The lowest BCUT2D eigenvalue weighted by atomic mass is 10.2. The van der Waals surface area contributed by atoms with E-state index in [1.807, 2.05) is 59.2 Å². The molecule has 0 amide bonds. The van der Waals surface area contributed by atoms with Crippen LogP contribution < -0.4 is 5.56 Å². The van der Waals surface area contributed by atoms with Crippen molar-refractivity contribution in [3.63, 3.8) is 0 Å². The number of hydrogen-bond acceptors (Lipinski definition) is 4. The quantitative estimate of drug-likeness (QED) is 0.335. The molecule has 6 aromatic rings. The summed E-state index contributed by atoms with van der Waals surface area (Å²) in [6, 6.07) is 22.3. The van der Waals surface area contributed by atoms with Gasteiger partial charge in [-0.25, -0.2) is 15.0 Å². The van der Waals surface area contributed by atoms with Gasteiger partial charge in [-0.15, -0.1) is 0 Å². The Morgan fingerprint density at radius 3 is 2.30 bits per heavy atom. The topological polar surface area (TPSA) is 65.6 Å². The Morgan fingerprint density at radius 1 is 0.788 bits per heavy atom. The molecule has 0 unspecified atom stereocenters. The van der Waals surface area contributed by atoms with Crippen molar-refractivity contribution in [3.8, 4) is 5.69 Å². The van der Waals surface area contributed by atoms with Crippen LogP contribution in [-0.2, 0) is 6.54 Å². The predicted molar refractivity (Wildman–Crippen MR) is 131 cm³/mol. The third-order valence-corrected chi connectivity index (χ3v) is 6.05. The lowest BCUT2D eigenvalue weighted by Crippen LogP contribution is -2.21. The standard InChI is InChI=1S/C25H15Cl2N5O/c26-16-10-8-15(9-11-16)13-31-14-28-23-21(25(31)33)22-24(30-20-7-2-1-6-19(20)29-22)32(23)18-5-3-4-17(27)12-18/h1-12,14H,13H2. The Kier molecular flexibility index (Phi) is 4.64. The van der Waals surface area contributed by atoms with Gasteiger partial charge in [-0.05, 0) is 48.0 Å². The number of benzene rings is 3. The lowest BCUT2D eigenvalue weighted by molar-refractivity contribution is 0.747. The first-order chi connectivity index (χ1) is 16.1. The van der Waals surface area contributed by atoms with Crippen molar-refractivity contribution >= 4 is 56.4 Å². The normalized spacial score (nSPS) is 11.6. The summed E-state index contributed by atoms with van der Waals surface area (Å²) in [7, 11) is 0. The number of fused-ring (bicyclic) bond motifs is 4. The van der Waals surface area contributed by atoms with Crippen LogP contribution in [0.4, 0.5) is 0 Å². The van der Waals surface area contributed by atoms with E-state index in [1.165, 1.54) is 0 Å². The van der Waals surface area contributed by atoms with Crippen molar-refractivity contribution < 1.29 is 0 Å². The van der Waals surface area contributed by atoms with Crippen molar-refractivity contribution in [1.29, 1.82) is 0 Å². The van der Waals surface area contributed by atoms with Crippen molar-refractivity contribution in [3.05, 3.63) is 105 Å². The average Bonchev–Trinajstić information content (AvgIpc) is 3.14. The Balaban J connectivity index is 1.68. The SMILES string of the molecule is O=c1c2c3nc4ccccc4nc3n(-c3cccc(Cl)c3)c2ncn1Cc1ccc(Cl)cc1. The molecular weight excluding hydrogens is 457 g/mol. The molecule has 3 aromatic heterocycles. The first-order valence-corrected chi connectivity index (χ1v) is 11.0. The number of rotatable bonds is 3. The molecule has 0 aliphatic carbocycles. The van der Waals surface area contributed by atoms with Gasteiger partial charge in [0.05, 0.1) is 23.3 Å². The van der Waals surface area contributed by atoms with Gasteiger partial charge in [0.25, 0.3) is 5.56 Å². The molecule has 3 heterocycles. The third kappa shape index (κ3) is 3.35. The van der Waals surface area contributed by atoms with E-state index < -0.39 is 0 Å². The van der Waals surface area contributed by atoms with E-state index in [9.17, 15) is 4.79 Å². The number of para-hydroxylation sites is 2. The fourth-order valence-electron chi connectivity index (χ4n) is 4.03. The van der Waals surface area contributed by atoms with Crippen LogP contribution in [0.2, 0.25) is 10.0 Å². The molecule has 0 fully saturated rings. The van der Waals surface area contributed by atoms with Crippen molar-refractivity contribution in [2.75, 3.05) is 0 Å². The van der Waals surface area contributed by atoms with Gasteiger partial charge in [-0.1, -0.05) is 53.5 Å². The van der Waals surface area contributed by atoms with E-state index in [2.05, 4.69) is 4.98 Å².